The van der Waals surface area contributed by atoms with E-state index in [-0.39, 0.29) is 12.0 Å². The van der Waals surface area contributed by atoms with Gasteiger partial charge in [0.15, 0.2) is 0 Å². The lowest BCUT2D eigenvalue weighted by molar-refractivity contribution is -0.142. The molecule has 190 valence electrons. The van der Waals surface area contributed by atoms with E-state index in [0.29, 0.717) is 13.2 Å². The van der Waals surface area contributed by atoms with Gasteiger partial charge >= 0.3 is 5.97 Å². The lowest BCUT2D eigenvalue weighted by atomic mass is 9.89. The number of aliphatic carboxylic acids is 1. The Morgan fingerprint density at radius 1 is 1.19 bits per heavy atom. The van der Waals surface area contributed by atoms with Gasteiger partial charge in [-0.25, -0.2) is 4.98 Å². The number of ether oxygens (including phenoxy) is 2. The monoisotopic (exact) mass is 497 g/mol. The van der Waals surface area contributed by atoms with Crippen LogP contribution < -0.4 is 10.1 Å². The van der Waals surface area contributed by atoms with Crippen LogP contribution in [0.1, 0.15) is 54.3 Å². The van der Waals surface area contributed by atoms with Gasteiger partial charge < -0.3 is 19.9 Å². The Morgan fingerprint density at radius 2 is 2.05 bits per heavy atom. The van der Waals surface area contributed by atoms with Crippen molar-refractivity contribution in [3.05, 3.63) is 83.2 Å². The minimum absolute atomic E-state index is 0.00710. The quantitative estimate of drug-likeness (QED) is 0.326. The van der Waals surface area contributed by atoms with Gasteiger partial charge in [0.2, 0.25) is 0 Å². The lowest BCUT2D eigenvalue weighted by Gasteiger charge is -2.18. The third kappa shape index (κ3) is 4.23. The third-order valence-electron chi connectivity index (χ3n) is 7.77. The van der Waals surface area contributed by atoms with Crippen LogP contribution in [-0.4, -0.2) is 33.8 Å². The number of anilines is 1. The molecule has 0 bridgehead atoms. The first-order valence-electron chi connectivity index (χ1n) is 12.9. The van der Waals surface area contributed by atoms with Crippen LogP contribution in [0.5, 0.6) is 5.75 Å². The van der Waals surface area contributed by atoms with Crippen LogP contribution in [0.4, 0.5) is 5.69 Å². The maximum atomic E-state index is 11.5. The molecule has 2 aliphatic heterocycles. The average Bonchev–Trinajstić information content (AvgIpc) is 3.66. The van der Waals surface area contributed by atoms with Gasteiger partial charge in [-0.15, -0.1) is 0 Å². The fraction of sp³-hybridized carbons (Fsp3) is 0.333. The Bertz CT molecular complexity index is 1470. The highest BCUT2D eigenvalue weighted by Crippen LogP contribution is 2.40. The topological polar surface area (TPSA) is 85.6 Å². The fourth-order valence-corrected chi connectivity index (χ4v) is 5.53. The largest absolute Gasteiger partial charge is 0.493 e. The number of nitrogens with zero attached hydrogens (tertiary/aromatic N) is 2. The second kappa shape index (κ2) is 9.56. The number of fused-ring (bicyclic) bond motifs is 2. The van der Waals surface area contributed by atoms with E-state index in [1.165, 1.54) is 11.1 Å². The van der Waals surface area contributed by atoms with Crippen molar-refractivity contribution in [1.29, 1.82) is 0 Å². The van der Waals surface area contributed by atoms with Gasteiger partial charge in [-0.3, -0.25) is 9.36 Å². The molecule has 1 saturated heterocycles. The average molecular weight is 498 g/mol. The van der Waals surface area contributed by atoms with E-state index in [4.69, 9.17) is 14.5 Å². The third-order valence-corrected chi connectivity index (χ3v) is 7.77. The fourth-order valence-electron chi connectivity index (χ4n) is 5.53. The summed E-state index contributed by atoms with van der Waals surface area (Å²) in [5.74, 6) is 0.326. The van der Waals surface area contributed by atoms with Crippen LogP contribution in [0, 0.1) is 12.8 Å². The first-order chi connectivity index (χ1) is 18.0. The van der Waals surface area contributed by atoms with Crippen LogP contribution in [-0.2, 0) is 16.1 Å². The Labute approximate surface area is 216 Å². The summed E-state index contributed by atoms with van der Waals surface area (Å²) in [6, 6.07) is 20.6. The number of imidazole rings is 1. The molecule has 0 aliphatic carbocycles. The predicted octanol–water partition coefficient (Wildman–Crippen LogP) is 5.99. The molecule has 3 atom stereocenters. The lowest BCUT2D eigenvalue weighted by Crippen LogP contribution is -2.19. The van der Waals surface area contributed by atoms with Gasteiger partial charge in [0.25, 0.3) is 0 Å². The second-order valence-corrected chi connectivity index (χ2v) is 10.0. The Kier molecular flexibility index (Phi) is 6.08. The molecule has 1 aromatic heterocycles. The first kappa shape index (κ1) is 23.6. The Hall–Kier alpha value is -3.84. The van der Waals surface area contributed by atoms with Crippen molar-refractivity contribution in [1.82, 2.24) is 9.55 Å². The maximum Gasteiger partial charge on any atom is 0.306 e. The summed E-state index contributed by atoms with van der Waals surface area (Å²) >= 11 is 0. The van der Waals surface area contributed by atoms with E-state index in [1.807, 2.05) is 24.3 Å². The minimum atomic E-state index is -0.799. The molecule has 7 nitrogen and oxygen atoms in total. The summed E-state index contributed by atoms with van der Waals surface area (Å²) in [6.07, 6.45) is 2.04. The van der Waals surface area contributed by atoms with E-state index < -0.39 is 11.9 Å². The van der Waals surface area contributed by atoms with E-state index in [1.54, 1.807) is 6.92 Å². The molecule has 2 N–H and O–H groups in total. The molecule has 6 rings (SSSR count). The summed E-state index contributed by atoms with van der Waals surface area (Å²) in [5, 5.41) is 12.9. The Balaban J connectivity index is 1.28. The molecule has 3 heterocycles. The second-order valence-electron chi connectivity index (χ2n) is 10.0. The molecule has 7 heteroatoms. The molecule has 0 spiro atoms. The van der Waals surface area contributed by atoms with Crippen molar-refractivity contribution >= 4 is 22.7 Å². The summed E-state index contributed by atoms with van der Waals surface area (Å²) in [7, 11) is 0. The predicted molar refractivity (Wildman–Crippen MR) is 143 cm³/mol. The molecule has 4 aromatic rings. The van der Waals surface area contributed by atoms with Crippen molar-refractivity contribution in [2.45, 2.75) is 45.3 Å². The maximum absolute atomic E-state index is 11.5. The molecule has 0 radical (unpaired) electrons. The van der Waals surface area contributed by atoms with Crippen molar-refractivity contribution in [2.75, 3.05) is 18.5 Å². The number of hydrogen-bond donors (Lipinski definition) is 2. The smallest absolute Gasteiger partial charge is 0.306 e. The molecule has 0 amide bonds. The number of rotatable bonds is 7. The molecular weight excluding hydrogens is 466 g/mol. The van der Waals surface area contributed by atoms with Gasteiger partial charge in [-0.2, -0.15) is 0 Å². The van der Waals surface area contributed by atoms with Crippen molar-refractivity contribution in [3.63, 3.8) is 0 Å². The van der Waals surface area contributed by atoms with Gasteiger partial charge in [0.1, 0.15) is 17.7 Å². The van der Waals surface area contributed by atoms with Gasteiger partial charge in [-0.1, -0.05) is 37.3 Å². The standard InChI is InChI=1S/C30H31N3O4/c1-18-20(16-31-21-12-13-22-23(19(2)30(34)35)17-37-28(22)15-21)7-5-10-25(18)33-26-9-4-3-8-24(26)32-29(33)27-11-6-14-36-27/h3-5,7-10,12-13,15,19,23,27,31H,6,11,14,16-17H2,1-2H3,(H,34,35)/t19?,23-,27-/m0/s1. The number of nitrogens with one attached hydrogen (secondary N) is 1. The number of carboxylic acid groups (broad SMARTS) is 1. The number of para-hydroxylation sites is 2. The molecule has 2 aliphatic rings. The van der Waals surface area contributed by atoms with E-state index in [9.17, 15) is 9.90 Å². The van der Waals surface area contributed by atoms with Crippen LogP contribution in [0.2, 0.25) is 0 Å². The normalized spacial score (nSPS) is 19.5. The van der Waals surface area contributed by atoms with Crippen molar-refractivity contribution in [3.8, 4) is 11.4 Å². The highest BCUT2D eigenvalue weighted by atomic mass is 16.5. The van der Waals surface area contributed by atoms with Gasteiger partial charge in [-0.05, 0) is 55.2 Å². The molecule has 3 aromatic carbocycles. The highest BCUT2D eigenvalue weighted by Gasteiger charge is 2.33. The van der Waals surface area contributed by atoms with E-state index in [2.05, 4.69) is 53.2 Å². The summed E-state index contributed by atoms with van der Waals surface area (Å²) < 4.78 is 14.1. The number of carbonyl (C=O) groups is 1. The van der Waals surface area contributed by atoms with E-state index in [0.717, 1.165) is 59.0 Å². The van der Waals surface area contributed by atoms with Gasteiger partial charge in [0, 0.05) is 36.4 Å². The zero-order valence-corrected chi connectivity index (χ0v) is 21.1. The molecule has 37 heavy (non-hydrogen) atoms. The molecular formula is C30H31N3O4. The highest BCUT2D eigenvalue weighted by molar-refractivity contribution is 5.79. The SMILES string of the molecule is Cc1c(CNc2ccc3c(c2)OC[C@H]3C(C)C(=O)O)cccc1-n1c([C@@H]2CCCO2)nc2ccccc21. The molecule has 1 fully saturated rings. The summed E-state index contributed by atoms with van der Waals surface area (Å²) in [6.45, 7) is 5.72. The van der Waals surface area contributed by atoms with Crippen LogP contribution >= 0.6 is 0 Å². The van der Waals surface area contributed by atoms with Gasteiger partial charge in [0.05, 0.1) is 29.2 Å². The number of carboxylic acids is 1. The van der Waals surface area contributed by atoms with Crippen LogP contribution in [0.25, 0.3) is 16.7 Å². The molecule has 1 unspecified atom stereocenters. The van der Waals surface area contributed by atoms with Crippen molar-refractivity contribution < 1.29 is 19.4 Å². The zero-order chi connectivity index (χ0) is 25.5. The number of aromatic nitrogens is 2. The number of benzene rings is 3. The molecule has 0 saturated carbocycles. The Morgan fingerprint density at radius 3 is 2.86 bits per heavy atom. The number of hydrogen-bond acceptors (Lipinski definition) is 5. The van der Waals surface area contributed by atoms with Crippen LogP contribution in [0.3, 0.4) is 0 Å². The summed E-state index contributed by atoms with van der Waals surface area (Å²) in [5.41, 5.74) is 7.46. The summed E-state index contributed by atoms with van der Waals surface area (Å²) in [4.78, 5) is 16.4. The van der Waals surface area contributed by atoms with E-state index >= 15 is 0 Å². The zero-order valence-electron chi connectivity index (χ0n) is 21.1. The van der Waals surface area contributed by atoms with Crippen LogP contribution in [0.15, 0.2) is 60.7 Å². The first-order valence-corrected chi connectivity index (χ1v) is 12.9. The minimum Gasteiger partial charge on any atom is -0.493 e. The van der Waals surface area contributed by atoms with Crippen molar-refractivity contribution in [2.24, 2.45) is 5.92 Å².